The molecule has 4 rings (SSSR count). The van der Waals surface area contributed by atoms with Crippen LogP contribution in [0.3, 0.4) is 0 Å². The first-order chi connectivity index (χ1) is 14.4. The lowest BCUT2D eigenvalue weighted by molar-refractivity contribution is -0.121. The second-order valence-corrected chi connectivity index (χ2v) is 8.14. The van der Waals surface area contributed by atoms with Crippen molar-refractivity contribution in [2.45, 2.75) is 18.4 Å². The number of aryl methyl sites for hydroxylation is 1. The SMILES string of the molecule is COc1ccc(NS(=O)(=O)c2ccc3c(c2)N(Cc2noc(C)n2)C(=O)CO3)cc1. The molecule has 1 N–H and O–H groups in total. The summed E-state index contributed by atoms with van der Waals surface area (Å²) >= 11 is 0. The third-order valence-corrected chi connectivity index (χ3v) is 5.77. The third-order valence-electron chi connectivity index (χ3n) is 4.40. The topological polar surface area (TPSA) is 124 Å². The van der Waals surface area contributed by atoms with Crippen LogP contribution in [-0.4, -0.2) is 38.2 Å². The Hall–Kier alpha value is -3.60. The zero-order chi connectivity index (χ0) is 21.3. The van der Waals surface area contributed by atoms with Gasteiger partial charge >= 0.3 is 0 Å². The molecule has 156 valence electrons. The van der Waals surface area contributed by atoms with Crippen LogP contribution in [0, 0.1) is 6.92 Å². The molecule has 10 nitrogen and oxygen atoms in total. The minimum atomic E-state index is -3.91. The first-order valence-corrected chi connectivity index (χ1v) is 10.4. The van der Waals surface area contributed by atoms with Gasteiger partial charge in [-0.05, 0) is 42.5 Å². The number of anilines is 2. The molecule has 0 radical (unpaired) electrons. The quantitative estimate of drug-likeness (QED) is 0.631. The Morgan fingerprint density at radius 3 is 2.63 bits per heavy atom. The number of nitrogens with one attached hydrogen (secondary N) is 1. The molecular formula is C19H18N4O6S. The van der Waals surface area contributed by atoms with Gasteiger partial charge in [-0.3, -0.25) is 14.4 Å². The van der Waals surface area contributed by atoms with Crippen molar-refractivity contribution in [3.8, 4) is 11.5 Å². The highest BCUT2D eigenvalue weighted by atomic mass is 32.2. The highest BCUT2D eigenvalue weighted by Gasteiger charge is 2.29. The molecule has 2 heterocycles. The lowest BCUT2D eigenvalue weighted by Gasteiger charge is -2.28. The average Bonchev–Trinajstić information content (AvgIpc) is 3.15. The van der Waals surface area contributed by atoms with E-state index in [9.17, 15) is 13.2 Å². The summed E-state index contributed by atoms with van der Waals surface area (Å²) in [7, 11) is -2.39. The standard InChI is InChI=1S/C19H18N4O6S/c1-12-20-18(21-29-12)10-23-16-9-15(7-8-17(16)28-11-19(23)24)30(25,26)22-13-3-5-14(27-2)6-4-13/h3-9,22H,10-11H2,1-2H3. The second-order valence-electron chi connectivity index (χ2n) is 6.46. The van der Waals surface area contributed by atoms with E-state index < -0.39 is 10.0 Å². The maximum Gasteiger partial charge on any atom is 0.265 e. The summed E-state index contributed by atoms with van der Waals surface area (Å²) in [6.07, 6.45) is 0. The van der Waals surface area contributed by atoms with Crippen LogP contribution in [0.2, 0.25) is 0 Å². The van der Waals surface area contributed by atoms with E-state index in [0.29, 0.717) is 34.6 Å². The predicted octanol–water partition coefficient (Wildman–Crippen LogP) is 2.11. The van der Waals surface area contributed by atoms with Gasteiger partial charge in [-0.2, -0.15) is 4.98 Å². The summed E-state index contributed by atoms with van der Waals surface area (Å²) in [5, 5.41) is 3.80. The number of carbonyl (C=O) groups is 1. The molecule has 2 aromatic carbocycles. The normalized spacial score (nSPS) is 13.5. The molecule has 1 aromatic heterocycles. The molecular weight excluding hydrogens is 412 g/mol. The summed E-state index contributed by atoms with van der Waals surface area (Å²) in [6, 6.07) is 10.8. The lowest BCUT2D eigenvalue weighted by Crippen LogP contribution is -2.38. The zero-order valence-electron chi connectivity index (χ0n) is 16.2. The summed E-state index contributed by atoms with van der Waals surface area (Å²) in [6.45, 7) is 1.50. The van der Waals surface area contributed by atoms with E-state index in [1.54, 1.807) is 31.2 Å². The van der Waals surface area contributed by atoms with E-state index in [4.69, 9.17) is 14.0 Å². The lowest BCUT2D eigenvalue weighted by atomic mass is 10.2. The molecule has 1 aliphatic heterocycles. The molecule has 0 atom stereocenters. The number of aromatic nitrogens is 2. The molecule has 1 aliphatic rings. The number of amides is 1. The number of carbonyl (C=O) groups excluding carboxylic acids is 1. The van der Waals surface area contributed by atoms with Gasteiger partial charge in [0.15, 0.2) is 12.4 Å². The van der Waals surface area contributed by atoms with Gasteiger partial charge in [-0.1, -0.05) is 5.16 Å². The number of rotatable bonds is 6. The number of methoxy groups -OCH3 is 1. The van der Waals surface area contributed by atoms with Crippen molar-refractivity contribution in [2.24, 2.45) is 0 Å². The van der Waals surface area contributed by atoms with Crippen molar-refractivity contribution in [3.63, 3.8) is 0 Å². The molecule has 0 saturated heterocycles. The molecule has 30 heavy (non-hydrogen) atoms. The minimum absolute atomic E-state index is 0.0235. The minimum Gasteiger partial charge on any atom is -0.497 e. The van der Waals surface area contributed by atoms with Crippen LogP contribution < -0.4 is 19.1 Å². The molecule has 0 bridgehead atoms. The van der Waals surface area contributed by atoms with E-state index in [0.717, 1.165) is 0 Å². The van der Waals surface area contributed by atoms with Crippen LogP contribution in [0.1, 0.15) is 11.7 Å². The highest BCUT2D eigenvalue weighted by Crippen LogP contribution is 2.35. The molecule has 0 fully saturated rings. The van der Waals surface area contributed by atoms with Crippen LogP contribution >= 0.6 is 0 Å². The van der Waals surface area contributed by atoms with Gasteiger partial charge in [-0.15, -0.1) is 0 Å². The Balaban J connectivity index is 1.64. The number of hydrogen-bond donors (Lipinski definition) is 1. The third kappa shape index (κ3) is 3.92. The fraction of sp³-hybridized carbons (Fsp3) is 0.211. The van der Waals surface area contributed by atoms with Gasteiger partial charge in [0.1, 0.15) is 11.5 Å². The van der Waals surface area contributed by atoms with Gasteiger partial charge in [0.2, 0.25) is 5.89 Å². The summed E-state index contributed by atoms with van der Waals surface area (Å²) in [4.78, 5) is 17.9. The molecule has 0 spiro atoms. The van der Waals surface area contributed by atoms with Crippen molar-refractivity contribution in [3.05, 3.63) is 54.2 Å². The van der Waals surface area contributed by atoms with E-state index in [2.05, 4.69) is 14.9 Å². The van der Waals surface area contributed by atoms with Crippen LogP contribution in [0.4, 0.5) is 11.4 Å². The first kappa shape index (κ1) is 19.7. The number of sulfonamides is 1. The Bertz CT molecular complexity index is 1190. The fourth-order valence-corrected chi connectivity index (χ4v) is 4.02. The molecule has 0 saturated carbocycles. The monoisotopic (exact) mass is 430 g/mol. The average molecular weight is 430 g/mol. The van der Waals surface area contributed by atoms with E-state index in [-0.39, 0.29) is 24.0 Å². The van der Waals surface area contributed by atoms with E-state index in [1.807, 2.05) is 0 Å². The van der Waals surface area contributed by atoms with Crippen molar-refractivity contribution in [1.82, 2.24) is 10.1 Å². The fourth-order valence-electron chi connectivity index (χ4n) is 2.94. The van der Waals surface area contributed by atoms with Crippen LogP contribution in [0.25, 0.3) is 0 Å². The number of ether oxygens (including phenoxy) is 2. The Labute approximate surface area is 172 Å². The number of nitrogens with zero attached hydrogens (tertiary/aromatic N) is 3. The smallest absolute Gasteiger partial charge is 0.265 e. The van der Waals surface area contributed by atoms with E-state index in [1.165, 1.54) is 30.2 Å². The number of benzene rings is 2. The van der Waals surface area contributed by atoms with Crippen molar-refractivity contribution >= 4 is 27.3 Å². The molecule has 0 unspecified atom stereocenters. The molecule has 1 amide bonds. The van der Waals surface area contributed by atoms with Crippen molar-refractivity contribution in [2.75, 3.05) is 23.3 Å². The highest BCUT2D eigenvalue weighted by molar-refractivity contribution is 7.92. The van der Waals surface area contributed by atoms with Gasteiger partial charge in [0.25, 0.3) is 15.9 Å². The van der Waals surface area contributed by atoms with E-state index >= 15 is 0 Å². The maximum atomic E-state index is 12.9. The number of fused-ring (bicyclic) bond motifs is 1. The predicted molar refractivity (Wildman–Crippen MR) is 106 cm³/mol. The maximum absolute atomic E-state index is 12.9. The van der Waals surface area contributed by atoms with Crippen molar-refractivity contribution < 1.29 is 27.2 Å². The van der Waals surface area contributed by atoms with Gasteiger partial charge in [-0.25, -0.2) is 8.42 Å². The molecule has 0 aliphatic carbocycles. The van der Waals surface area contributed by atoms with Gasteiger partial charge < -0.3 is 14.0 Å². The van der Waals surface area contributed by atoms with Crippen LogP contribution in [0.15, 0.2) is 51.9 Å². The summed E-state index contributed by atoms with van der Waals surface area (Å²) < 4.78 is 43.7. The summed E-state index contributed by atoms with van der Waals surface area (Å²) in [5.74, 6) is 1.32. The van der Waals surface area contributed by atoms with Crippen LogP contribution in [0.5, 0.6) is 11.5 Å². The Morgan fingerprint density at radius 2 is 1.97 bits per heavy atom. The van der Waals surface area contributed by atoms with Gasteiger partial charge in [0, 0.05) is 12.6 Å². The largest absolute Gasteiger partial charge is 0.497 e. The number of hydrogen-bond acceptors (Lipinski definition) is 8. The van der Waals surface area contributed by atoms with Gasteiger partial charge in [0.05, 0.1) is 24.2 Å². The summed E-state index contributed by atoms with van der Waals surface area (Å²) in [5.41, 5.74) is 0.686. The Kier molecular flexibility index (Phi) is 5.04. The second kappa shape index (κ2) is 7.67. The molecule has 3 aromatic rings. The Morgan fingerprint density at radius 1 is 1.20 bits per heavy atom. The first-order valence-electron chi connectivity index (χ1n) is 8.89. The zero-order valence-corrected chi connectivity index (χ0v) is 17.0. The van der Waals surface area contributed by atoms with Crippen LogP contribution in [-0.2, 0) is 21.4 Å². The molecule has 11 heteroatoms. The van der Waals surface area contributed by atoms with Crippen molar-refractivity contribution in [1.29, 1.82) is 0 Å².